The van der Waals surface area contributed by atoms with E-state index in [0.29, 0.717) is 23.5 Å². The molecule has 2 rings (SSSR count). The maximum atomic E-state index is 12.8. The molecule has 114 valence electrons. The van der Waals surface area contributed by atoms with Crippen molar-refractivity contribution in [1.82, 2.24) is 4.90 Å². The summed E-state index contributed by atoms with van der Waals surface area (Å²) in [4.78, 5) is 25.6. The summed E-state index contributed by atoms with van der Waals surface area (Å²) in [5.74, 6) is -0.421. The van der Waals surface area contributed by atoms with Gasteiger partial charge in [-0.1, -0.05) is 22.9 Å². The molecule has 7 heteroatoms. The van der Waals surface area contributed by atoms with E-state index < -0.39 is 12.0 Å². The van der Waals surface area contributed by atoms with E-state index in [1.54, 1.807) is 18.2 Å². The molecule has 1 fully saturated rings. The van der Waals surface area contributed by atoms with Crippen LogP contribution < -0.4 is 4.74 Å². The van der Waals surface area contributed by atoms with Gasteiger partial charge in [-0.25, -0.2) is 4.79 Å². The largest absolute Gasteiger partial charge is 0.496 e. The second kappa shape index (κ2) is 6.70. The molecule has 21 heavy (non-hydrogen) atoms. The van der Waals surface area contributed by atoms with E-state index in [4.69, 9.17) is 4.74 Å². The first-order valence-electron chi connectivity index (χ1n) is 6.50. The molecule has 2 unspecified atom stereocenters. The van der Waals surface area contributed by atoms with E-state index >= 15 is 0 Å². The van der Waals surface area contributed by atoms with Gasteiger partial charge in [0.2, 0.25) is 0 Å². The van der Waals surface area contributed by atoms with Crippen LogP contribution in [0, 0.1) is 0 Å². The Balaban J connectivity index is 2.39. The fraction of sp³-hybridized carbons (Fsp3) is 0.429. The maximum Gasteiger partial charge on any atom is 0.327 e. The van der Waals surface area contributed by atoms with Crippen molar-refractivity contribution in [2.24, 2.45) is 0 Å². The van der Waals surface area contributed by atoms with Crippen LogP contribution in [0.5, 0.6) is 5.75 Å². The Morgan fingerprint density at radius 3 is 2.81 bits per heavy atom. The quantitative estimate of drug-likeness (QED) is 0.878. The lowest BCUT2D eigenvalue weighted by atomic mass is 10.1. The highest BCUT2D eigenvalue weighted by molar-refractivity contribution is 9.10. The number of halogens is 1. The number of methoxy groups -OCH3 is 1. The number of benzene rings is 1. The summed E-state index contributed by atoms with van der Waals surface area (Å²) in [6, 6.07) is 4.31. The van der Waals surface area contributed by atoms with Gasteiger partial charge in [0.05, 0.1) is 18.0 Å². The predicted molar refractivity (Wildman–Crippen MR) is 84.8 cm³/mol. The lowest BCUT2D eigenvalue weighted by Crippen LogP contribution is -2.45. The molecule has 2 atom stereocenters. The number of carboxylic acids is 1. The van der Waals surface area contributed by atoms with E-state index in [1.165, 1.54) is 23.8 Å². The van der Waals surface area contributed by atoms with Gasteiger partial charge in [0.1, 0.15) is 11.8 Å². The van der Waals surface area contributed by atoms with Gasteiger partial charge in [-0.15, -0.1) is 11.8 Å². The van der Waals surface area contributed by atoms with Crippen molar-refractivity contribution >= 4 is 39.6 Å². The molecule has 0 radical (unpaired) electrons. The van der Waals surface area contributed by atoms with E-state index in [-0.39, 0.29) is 11.3 Å². The third-order valence-corrected chi connectivity index (χ3v) is 5.30. The fourth-order valence-electron chi connectivity index (χ4n) is 2.32. The van der Waals surface area contributed by atoms with Crippen molar-refractivity contribution in [3.8, 4) is 5.75 Å². The Hall–Kier alpha value is -1.21. The summed E-state index contributed by atoms with van der Waals surface area (Å²) < 4.78 is 6.04. The van der Waals surface area contributed by atoms with Crippen molar-refractivity contribution in [2.45, 2.75) is 24.8 Å². The Labute approximate surface area is 135 Å². The molecule has 1 amide bonds. The Morgan fingerprint density at radius 1 is 1.52 bits per heavy atom. The number of nitrogens with zero attached hydrogens (tertiary/aromatic N) is 1. The molecule has 0 aromatic heterocycles. The van der Waals surface area contributed by atoms with Gasteiger partial charge in [0.15, 0.2) is 0 Å². The van der Waals surface area contributed by atoms with Crippen molar-refractivity contribution in [1.29, 1.82) is 0 Å². The van der Waals surface area contributed by atoms with Crippen LogP contribution in [0.15, 0.2) is 22.7 Å². The zero-order valence-corrected chi connectivity index (χ0v) is 14.1. The summed E-state index contributed by atoms with van der Waals surface area (Å²) in [5, 5.41) is 9.20. The lowest BCUT2D eigenvalue weighted by Gasteiger charge is -2.27. The minimum atomic E-state index is -0.970. The third-order valence-electron chi connectivity index (χ3n) is 3.36. The van der Waals surface area contributed by atoms with Crippen LogP contribution in [0.2, 0.25) is 0 Å². The molecular weight excluding hydrogens is 358 g/mol. The average Bonchev–Trinajstić information content (AvgIpc) is 2.90. The Bertz CT molecular complexity index is 566. The molecule has 1 aliphatic heterocycles. The topological polar surface area (TPSA) is 66.8 Å². The number of carbonyl (C=O) groups is 2. The summed E-state index contributed by atoms with van der Waals surface area (Å²) in [7, 11) is 1.49. The fourth-order valence-corrected chi connectivity index (χ4v) is 4.01. The molecule has 0 bridgehead atoms. The predicted octanol–water partition coefficient (Wildman–Crippen LogP) is 2.84. The molecule has 1 heterocycles. The molecule has 0 saturated carbocycles. The minimum absolute atomic E-state index is 0.119. The first-order chi connectivity index (χ1) is 9.99. The van der Waals surface area contributed by atoms with Crippen LogP contribution in [-0.4, -0.2) is 46.2 Å². The van der Waals surface area contributed by atoms with Gasteiger partial charge in [-0.2, -0.15) is 0 Å². The number of amides is 1. The van der Waals surface area contributed by atoms with Crippen molar-refractivity contribution in [3.05, 3.63) is 28.2 Å². The molecule has 1 N–H and O–H groups in total. The van der Waals surface area contributed by atoms with E-state index in [1.807, 2.05) is 6.92 Å². The number of carbonyl (C=O) groups excluding carboxylic acids is 1. The van der Waals surface area contributed by atoms with Gasteiger partial charge in [0.25, 0.3) is 5.91 Å². The third kappa shape index (κ3) is 3.18. The summed E-state index contributed by atoms with van der Waals surface area (Å²) in [6.07, 6.45) is 0.707. The number of aliphatic carboxylic acids is 1. The molecule has 0 spiro atoms. The zero-order valence-electron chi connectivity index (χ0n) is 11.7. The molecule has 0 aliphatic carbocycles. The lowest BCUT2D eigenvalue weighted by molar-refractivity contribution is -0.141. The summed E-state index contributed by atoms with van der Waals surface area (Å²) in [6.45, 7) is 1.95. The highest BCUT2D eigenvalue weighted by Crippen LogP contribution is 2.34. The second-order valence-electron chi connectivity index (χ2n) is 4.61. The first kappa shape index (κ1) is 16.2. The maximum absolute atomic E-state index is 12.8. The standard InChI is InChI=1S/C14H16BrNO4S/c1-3-12-16(10(7-21-12)14(18)19)13(17)9-5-4-8(15)6-11(9)20-2/h4-6,10,12H,3,7H2,1-2H3,(H,18,19). The molecule has 1 aromatic rings. The number of hydrogen-bond acceptors (Lipinski definition) is 4. The van der Waals surface area contributed by atoms with Crippen LogP contribution >= 0.6 is 27.7 Å². The van der Waals surface area contributed by atoms with Crippen molar-refractivity contribution < 1.29 is 19.4 Å². The van der Waals surface area contributed by atoms with Crippen LogP contribution in [0.1, 0.15) is 23.7 Å². The number of thioether (sulfide) groups is 1. The number of hydrogen-bond donors (Lipinski definition) is 1. The first-order valence-corrected chi connectivity index (χ1v) is 8.34. The Morgan fingerprint density at radius 2 is 2.24 bits per heavy atom. The van der Waals surface area contributed by atoms with Crippen LogP contribution in [-0.2, 0) is 4.79 Å². The van der Waals surface area contributed by atoms with E-state index in [0.717, 1.165) is 4.47 Å². The highest BCUT2D eigenvalue weighted by Gasteiger charge is 2.41. The van der Waals surface area contributed by atoms with Crippen molar-refractivity contribution in [2.75, 3.05) is 12.9 Å². The monoisotopic (exact) mass is 373 g/mol. The van der Waals surface area contributed by atoms with Gasteiger partial charge >= 0.3 is 5.97 Å². The molecule has 1 aliphatic rings. The molecule has 1 aromatic carbocycles. The van der Waals surface area contributed by atoms with Crippen LogP contribution in [0.25, 0.3) is 0 Å². The van der Waals surface area contributed by atoms with Crippen LogP contribution in [0.4, 0.5) is 0 Å². The smallest absolute Gasteiger partial charge is 0.327 e. The normalized spacial score (nSPS) is 21.4. The van der Waals surface area contributed by atoms with Gasteiger partial charge < -0.3 is 14.7 Å². The molecule has 5 nitrogen and oxygen atoms in total. The zero-order chi connectivity index (χ0) is 15.6. The van der Waals surface area contributed by atoms with Gasteiger partial charge in [0, 0.05) is 10.2 Å². The number of carboxylic acid groups (broad SMARTS) is 1. The SMILES string of the molecule is CCC1SCC(C(=O)O)N1C(=O)c1ccc(Br)cc1OC. The molecular formula is C14H16BrNO4S. The Kier molecular flexibility index (Phi) is 5.16. The van der Waals surface area contributed by atoms with E-state index in [9.17, 15) is 14.7 Å². The second-order valence-corrected chi connectivity index (χ2v) is 6.73. The summed E-state index contributed by atoms with van der Waals surface area (Å²) in [5.41, 5.74) is 0.382. The van der Waals surface area contributed by atoms with E-state index in [2.05, 4.69) is 15.9 Å². The number of rotatable bonds is 4. The molecule has 1 saturated heterocycles. The summed E-state index contributed by atoms with van der Waals surface area (Å²) >= 11 is 4.83. The average molecular weight is 374 g/mol. The van der Waals surface area contributed by atoms with Gasteiger partial charge in [-0.3, -0.25) is 4.79 Å². The van der Waals surface area contributed by atoms with Gasteiger partial charge in [-0.05, 0) is 24.6 Å². The minimum Gasteiger partial charge on any atom is -0.496 e. The highest BCUT2D eigenvalue weighted by atomic mass is 79.9. The van der Waals surface area contributed by atoms with Crippen LogP contribution in [0.3, 0.4) is 0 Å². The number of ether oxygens (including phenoxy) is 1. The van der Waals surface area contributed by atoms with Crippen molar-refractivity contribution in [3.63, 3.8) is 0 Å².